The Hall–Kier alpha value is 0.340. The van der Waals surface area contributed by atoms with Crippen molar-refractivity contribution >= 4 is 40.8 Å². The summed E-state index contributed by atoms with van der Waals surface area (Å²) in [5.74, 6) is -0.677. The maximum absolute atomic E-state index is 10.3. The lowest BCUT2D eigenvalue weighted by Gasteiger charge is -2.09. The molecule has 0 radical (unpaired) electrons. The highest BCUT2D eigenvalue weighted by Crippen LogP contribution is 2.32. The van der Waals surface area contributed by atoms with Crippen molar-refractivity contribution in [3.63, 3.8) is 0 Å². The molecule has 0 aliphatic rings. The van der Waals surface area contributed by atoms with E-state index in [9.17, 15) is 4.79 Å². The van der Waals surface area contributed by atoms with E-state index in [1.807, 2.05) is 0 Å². The van der Waals surface area contributed by atoms with E-state index >= 15 is 0 Å². The van der Waals surface area contributed by atoms with Gasteiger partial charge in [0.1, 0.15) is 0 Å². The van der Waals surface area contributed by atoms with E-state index in [4.69, 9.17) is 39.9 Å². The van der Waals surface area contributed by atoms with Crippen molar-refractivity contribution in [3.05, 3.63) is 0 Å². The molecule has 0 saturated carbocycles. The third-order valence-corrected chi connectivity index (χ3v) is 4.17. The van der Waals surface area contributed by atoms with Gasteiger partial charge in [-0.05, 0) is 19.3 Å². The monoisotopic (exact) mass is 358 g/mol. The highest BCUT2D eigenvalue weighted by atomic mass is 35.6. The smallest absolute Gasteiger partial charge is 0.303 e. The molecule has 0 aliphatic carbocycles. The number of aliphatic carboxylic acids is 1. The number of hydrogen-bond donors (Lipinski definition) is 1. The minimum Gasteiger partial charge on any atom is -0.481 e. The van der Waals surface area contributed by atoms with Gasteiger partial charge in [0, 0.05) is 6.42 Å². The number of hydrogen-bond acceptors (Lipinski definition) is 1. The molecule has 0 aromatic heterocycles. The third kappa shape index (κ3) is 20.3. The van der Waals surface area contributed by atoms with Gasteiger partial charge in [0.25, 0.3) is 0 Å². The van der Waals surface area contributed by atoms with Crippen molar-refractivity contribution < 1.29 is 9.90 Å². The quantitative estimate of drug-likeness (QED) is 0.270. The first kappa shape index (κ1) is 21.3. The normalized spacial score (nSPS) is 11.8. The van der Waals surface area contributed by atoms with Gasteiger partial charge in [-0.2, -0.15) is 0 Å². The summed E-state index contributed by atoms with van der Waals surface area (Å²) in [5.41, 5.74) is 0. The highest BCUT2D eigenvalue weighted by Gasteiger charge is 2.17. The van der Waals surface area contributed by atoms with Gasteiger partial charge in [0.2, 0.25) is 0 Å². The molecule has 0 rings (SSSR count). The van der Waals surface area contributed by atoms with Crippen LogP contribution in [0.4, 0.5) is 0 Å². The molecule has 0 aromatic rings. The zero-order valence-corrected chi connectivity index (χ0v) is 15.2. The van der Waals surface area contributed by atoms with Crippen molar-refractivity contribution in [2.75, 3.05) is 0 Å². The Morgan fingerprint density at radius 3 is 1.33 bits per heavy atom. The Morgan fingerprint density at radius 2 is 1.00 bits per heavy atom. The maximum Gasteiger partial charge on any atom is 0.303 e. The lowest BCUT2D eigenvalue weighted by molar-refractivity contribution is -0.137. The average Bonchev–Trinajstić information content (AvgIpc) is 2.37. The molecule has 5 heteroatoms. The second-order valence-electron chi connectivity index (χ2n) is 5.75. The molecule has 0 amide bonds. The van der Waals surface area contributed by atoms with Crippen LogP contribution in [-0.4, -0.2) is 14.9 Å². The molecule has 1 N–H and O–H groups in total. The fraction of sp³-hybridized carbons (Fsp3) is 0.938. The molecular weight excluding hydrogens is 331 g/mol. The van der Waals surface area contributed by atoms with Crippen molar-refractivity contribution in [1.82, 2.24) is 0 Å². The van der Waals surface area contributed by atoms with Crippen LogP contribution in [0.5, 0.6) is 0 Å². The van der Waals surface area contributed by atoms with E-state index in [1.54, 1.807) is 0 Å². The Bertz CT molecular complexity index is 252. The summed E-state index contributed by atoms with van der Waals surface area (Å²) in [5, 5.41) is 8.51. The Labute approximate surface area is 144 Å². The summed E-state index contributed by atoms with van der Waals surface area (Å²) in [7, 11) is 0. The van der Waals surface area contributed by atoms with E-state index in [2.05, 4.69) is 0 Å². The van der Waals surface area contributed by atoms with E-state index in [0.717, 1.165) is 25.7 Å². The van der Waals surface area contributed by atoms with E-state index in [-0.39, 0.29) is 0 Å². The fourth-order valence-electron chi connectivity index (χ4n) is 2.37. The summed E-state index contributed by atoms with van der Waals surface area (Å²) in [4.78, 5) is 10.3. The number of alkyl halides is 3. The zero-order valence-electron chi connectivity index (χ0n) is 12.9. The molecular formula is C16H29Cl3O2. The molecule has 0 spiro atoms. The van der Waals surface area contributed by atoms with Crippen LogP contribution in [-0.2, 0) is 4.79 Å². The molecule has 21 heavy (non-hydrogen) atoms. The predicted molar refractivity (Wildman–Crippen MR) is 92.6 cm³/mol. The van der Waals surface area contributed by atoms with Gasteiger partial charge in [-0.15, -0.1) is 0 Å². The second-order valence-corrected chi connectivity index (χ2v) is 8.27. The van der Waals surface area contributed by atoms with Gasteiger partial charge in [-0.3, -0.25) is 4.79 Å². The lowest BCUT2D eigenvalue weighted by Crippen LogP contribution is -2.00. The molecule has 0 aliphatic heterocycles. The summed E-state index contributed by atoms with van der Waals surface area (Å²) in [6.45, 7) is 0. The number of carbonyl (C=O) groups is 1. The van der Waals surface area contributed by atoms with Crippen LogP contribution < -0.4 is 0 Å². The van der Waals surface area contributed by atoms with Gasteiger partial charge in [-0.1, -0.05) is 99.0 Å². The minimum absolute atomic E-state index is 0.318. The maximum atomic E-state index is 10.3. The Morgan fingerprint density at radius 1 is 0.667 bits per heavy atom. The second kappa shape index (κ2) is 14.0. The molecule has 0 saturated heterocycles. The Kier molecular flexibility index (Phi) is 14.2. The number of carboxylic acid groups (broad SMARTS) is 1. The molecule has 0 bridgehead atoms. The first-order valence-electron chi connectivity index (χ1n) is 8.20. The van der Waals surface area contributed by atoms with Crippen LogP contribution in [0, 0.1) is 0 Å². The summed E-state index contributed by atoms with van der Waals surface area (Å²) in [6.07, 6.45) is 15.1. The van der Waals surface area contributed by atoms with Crippen LogP contribution >= 0.6 is 34.8 Å². The molecule has 126 valence electrons. The largest absolute Gasteiger partial charge is 0.481 e. The van der Waals surface area contributed by atoms with E-state index in [1.165, 1.54) is 51.4 Å². The van der Waals surface area contributed by atoms with E-state index in [0.29, 0.717) is 12.8 Å². The van der Waals surface area contributed by atoms with Crippen molar-refractivity contribution in [3.8, 4) is 0 Å². The number of carboxylic acids is 1. The molecule has 0 unspecified atom stereocenters. The van der Waals surface area contributed by atoms with Crippen LogP contribution in [0.25, 0.3) is 0 Å². The molecule has 0 fully saturated rings. The third-order valence-electron chi connectivity index (χ3n) is 3.60. The van der Waals surface area contributed by atoms with Crippen LogP contribution in [0.2, 0.25) is 0 Å². The van der Waals surface area contributed by atoms with Crippen molar-refractivity contribution in [2.45, 2.75) is 93.7 Å². The van der Waals surface area contributed by atoms with E-state index < -0.39 is 9.76 Å². The zero-order chi connectivity index (χ0) is 16.0. The average molecular weight is 360 g/mol. The minimum atomic E-state index is -1.08. The van der Waals surface area contributed by atoms with Crippen LogP contribution in [0.3, 0.4) is 0 Å². The van der Waals surface area contributed by atoms with Gasteiger partial charge in [-0.25, -0.2) is 0 Å². The molecule has 0 heterocycles. The first-order valence-corrected chi connectivity index (χ1v) is 9.34. The molecule has 0 atom stereocenters. The van der Waals surface area contributed by atoms with Gasteiger partial charge in [0.15, 0.2) is 3.79 Å². The summed E-state index contributed by atoms with van der Waals surface area (Å²) < 4.78 is -1.08. The van der Waals surface area contributed by atoms with Gasteiger partial charge in [0.05, 0.1) is 0 Å². The van der Waals surface area contributed by atoms with Crippen LogP contribution in [0.15, 0.2) is 0 Å². The Balaban J connectivity index is 3.04. The SMILES string of the molecule is O=C(O)CCCCCCCCCCCCCCC(Cl)(Cl)Cl. The molecule has 0 aromatic carbocycles. The first-order chi connectivity index (χ1) is 9.92. The van der Waals surface area contributed by atoms with Crippen LogP contribution in [0.1, 0.15) is 89.9 Å². The lowest BCUT2D eigenvalue weighted by atomic mass is 10.0. The van der Waals surface area contributed by atoms with Gasteiger partial charge >= 0.3 is 5.97 Å². The summed E-state index contributed by atoms with van der Waals surface area (Å²) >= 11 is 17.1. The topological polar surface area (TPSA) is 37.3 Å². The van der Waals surface area contributed by atoms with Crippen molar-refractivity contribution in [1.29, 1.82) is 0 Å². The fourth-order valence-corrected chi connectivity index (χ4v) is 2.77. The van der Waals surface area contributed by atoms with Gasteiger partial charge < -0.3 is 5.11 Å². The standard InChI is InChI=1S/C16H29Cl3O2/c17-16(18,19)14-12-10-8-6-4-2-1-3-5-7-9-11-13-15(20)21/h1-14H2,(H,20,21). The predicted octanol–water partition coefficient (Wildman–Crippen LogP) is 6.90. The van der Waals surface area contributed by atoms with Crippen molar-refractivity contribution in [2.24, 2.45) is 0 Å². The number of unbranched alkanes of at least 4 members (excludes halogenated alkanes) is 11. The summed E-state index contributed by atoms with van der Waals surface area (Å²) in [6, 6.07) is 0. The number of halogens is 3. The molecule has 2 nitrogen and oxygen atoms in total. The number of rotatable bonds is 14. The highest BCUT2D eigenvalue weighted by molar-refractivity contribution is 6.67.